The van der Waals surface area contributed by atoms with Crippen molar-refractivity contribution in [1.29, 1.82) is 0 Å². The quantitative estimate of drug-likeness (QED) is 0.852. The molecule has 0 saturated heterocycles. The highest BCUT2D eigenvalue weighted by Crippen LogP contribution is 2.36. The average Bonchev–Trinajstić information content (AvgIpc) is 2.50. The fourth-order valence-corrected chi connectivity index (χ4v) is 3.48. The maximum absolute atomic E-state index is 3.68. The van der Waals surface area contributed by atoms with Crippen molar-refractivity contribution in [3.05, 3.63) is 29.3 Å². The molecule has 0 bridgehead atoms. The van der Waals surface area contributed by atoms with Crippen molar-refractivity contribution in [2.24, 2.45) is 0 Å². The van der Waals surface area contributed by atoms with Crippen LogP contribution in [0.1, 0.15) is 43.4 Å². The van der Waals surface area contributed by atoms with Gasteiger partial charge in [0.1, 0.15) is 0 Å². The molecular weight excluding hydrogens is 214 g/mol. The number of nitrogens with one attached hydrogen (secondary N) is 1. The minimum atomic E-state index is 0.574. The van der Waals surface area contributed by atoms with E-state index in [0.717, 1.165) is 6.54 Å². The van der Waals surface area contributed by atoms with Crippen LogP contribution in [0.15, 0.2) is 23.1 Å². The van der Waals surface area contributed by atoms with Crippen LogP contribution in [0, 0.1) is 6.92 Å². The summed E-state index contributed by atoms with van der Waals surface area (Å²) >= 11 is 2.03. The highest BCUT2D eigenvalue weighted by molar-refractivity contribution is 7.99. The number of thioether (sulfide) groups is 1. The van der Waals surface area contributed by atoms with Crippen molar-refractivity contribution in [3.63, 3.8) is 0 Å². The molecule has 1 unspecified atom stereocenters. The first kappa shape index (κ1) is 12.0. The fraction of sp³-hybridized carbons (Fsp3) is 0.571. The molecule has 0 spiro atoms. The van der Waals surface area contributed by atoms with Crippen molar-refractivity contribution in [3.8, 4) is 0 Å². The Bertz CT molecular complexity index is 349. The molecular formula is C14H21NS. The standard InChI is InChI=1S/C14H21NS/c1-3-9-15-13-8-5-10-16-14-11(2)6-4-7-12(13)14/h4,6-7,13,15H,3,5,8-10H2,1-2H3. The summed E-state index contributed by atoms with van der Waals surface area (Å²) in [4.78, 5) is 1.52. The van der Waals surface area contributed by atoms with E-state index in [4.69, 9.17) is 0 Å². The minimum absolute atomic E-state index is 0.574. The number of hydrogen-bond acceptors (Lipinski definition) is 2. The summed E-state index contributed by atoms with van der Waals surface area (Å²) in [5.41, 5.74) is 2.96. The van der Waals surface area contributed by atoms with E-state index in [9.17, 15) is 0 Å². The maximum Gasteiger partial charge on any atom is 0.0331 e. The van der Waals surface area contributed by atoms with Gasteiger partial charge >= 0.3 is 0 Å². The first-order valence-corrected chi connectivity index (χ1v) is 7.27. The molecule has 2 heteroatoms. The summed E-state index contributed by atoms with van der Waals surface area (Å²) < 4.78 is 0. The van der Waals surface area contributed by atoms with E-state index in [1.807, 2.05) is 11.8 Å². The first-order valence-electron chi connectivity index (χ1n) is 6.28. The lowest BCUT2D eigenvalue weighted by atomic mass is 10.0. The van der Waals surface area contributed by atoms with Gasteiger partial charge in [-0.25, -0.2) is 0 Å². The summed E-state index contributed by atoms with van der Waals surface area (Å²) in [7, 11) is 0. The molecule has 0 radical (unpaired) electrons. The van der Waals surface area contributed by atoms with Crippen LogP contribution in [0.5, 0.6) is 0 Å². The molecule has 1 aliphatic heterocycles. The molecule has 1 aromatic carbocycles. The number of hydrogen-bond donors (Lipinski definition) is 1. The van der Waals surface area contributed by atoms with Gasteiger partial charge < -0.3 is 5.32 Å². The van der Waals surface area contributed by atoms with Crippen LogP contribution in [0.2, 0.25) is 0 Å². The highest BCUT2D eigenvalue weighted by Gasteiger charge is 2.19. The Morgan fingerprint density at radius 2 is 2.31 bits per heavy atom. The van der Waals surface area contributed by atoms with Crippen molar-refractivity contribution in [2.75, 3.05) is 12.3 Å². The minimum Gasteiger partial charge on any atom is -0.310 e. The van der Waals surface area contributed by atoms with Crippen LogP contribution in [0.3, 0.4) is 0 Å². The van der Waals surface area contributed by atoms with Gasteiger partial charge in [0.15, 0.2) is 0 Å². The van der Waals surface area contributed by atoms with Crippen LogP contribution >= 0.6 is 11.8 Å². The zero-order chi connectivity index (χ0) is 11.4. The molecule has 2 rings (SSSR count). The number of benzene rings is 1. The molecule has 1 atom stereocenters. The van der Waals surface area contributed by atoms with E-state index >= 15 is 0 Å². The zero-order valence-corrected chi connectivity index (χ0v) is 11.1. The Balaban J connectivity index is 2.26. The summed E-state index contributed by atoms with van der Waals surface area (Å²) in [6, 6.07) is 7.30. The Morgan fingerprint density at radius 3 is 3.12 bits per heavy atom. The van der Waals surface area contributed by atoms with Crippen molar-refractivity contribution < 1.29 is 0 Å². The van der Waals surface area contributed by atoms with Gasteiger partial charge in [0.25, 0.3) is 0 Å². The second-order valence-corrected chi connectivity index (χ2v) is 5.60. The molecule has 16 heavy (non-hydrogen) atoms. The summed E-state index contributed by atoms with van der Waals surface area (Å²) in [6.07, 6.45) is 3.81. The molecule has 1 nitrogen and oxygen atoms in total. The molecule has 0 amide bonds. The SMILES string of the molecule is CCCNC1CCCSc2c(C)cccc21. The van der Waals surface area contributed by atoms with Crippen LogP contribution in [0.4, 0.5) is 0 Å². The summed E-state index contributed by atoms with van der Waals surface area (Å²) in [6.45, 7) is 5.59. The molecule has 0 fully saturated rings. The van der Waals surface area contributed by atoms with E-state index < -0.39 is 0 Å². The smallest absolute Gasteiger partial charge is 0.0331 e. The monoisotopic (exact) mass is 235 g/mol. The largest absolute Gasteiger partial charge is 0.310 e. The van der Waals surface area contributed by atoms with Gasteiger partial charge in [-0.1, -0.05) is 25.1 Å². The molecule has 1 N–H and O–H groups in total. The molecule has 0 aliphatic carbocycles. The van der Waals surface area contributed by atoms with Gasteiger partial charge in [-0.3, -0.25) is 0 Å². The van der Waals surface area contributed by atoms with E-state index in [0.29, 0.717) is 6.04 Å². The molecule has 1 aromatic rings. The zero-order valence-electron chi connectivity index (χ0n) is 10.3. The second-order valence-electron chi connectivity index (χ2n) is 4.49. The highest BCUT2D eigenvalue weighted by atomic mass is 32.2. The third-order valence-electron chi connectivity index (χ3n) is 3.14. The lowest BCUT2D eigenvalue weighted by Crippen LogP contribution is -2.22. The van der Waals surface area contributed by atoms with Crippen LogP contribution in [-0.2, 0) is 0 Å². The topological polar surface area (TPSA) is 12.0 Å². The number of rotatable bonds is 3. The van der Waals surface area contributed by atoms with E-state index in [1.165, 1.54) is 41.0 Å². The van der Waals surface area contributed by atoms with Gasteiger partial charge in [-0.05, 0) is 49.6 Å². The van der Waals surface area contributed by atoms with Gasteiger partial charge in [0.2, 0.25) is 0 Å². The molecule has 0 aromatic heterocycles. The normalized spacial score (nSPS) is 20.2. The van der Waals surface area contributed by atoms with Crippen LogP contribution in [-0.4, -0.2) is 12.3 Å². The van der Waals surface area contributed by atoms with Crippen LogP contribution < -0.4 is 5.32 Å². The van der Waals surface area contributed by atoms with Crippen molar-refractivity contribution in [1.82, 2.24) is 5.32 Å². The lowest BCUT2D eigenvalue weighted by molar-refractivity contribution is 0.493. The van der Waals surface area contributed by atoms with Gasteiger partial charge in [0, 0.05) is 10.9 Å². The number of fused-ring (bicyclic) bond motifs is 1. The third-order valence-corrected chi connectivity index (χ3v) is 4.48. The van der Waals surface area contributed by atoms with Crippen molar-refractivity contribution >= 4 is 11.8 Å². The Hall–Kier alpha value is -0.470. The Morgan fingerprint density at radius 1 is 1.44 bits per heavy atom. The maximum atomic E-state index is 3.68. The predicted molar refractivity (Wildman–Crippen MR) is 72.2 cm³/mol. The Labute approximate surface area is 103 Å². The van der Waals surface area contributed by atoms with Crippen LogP contribution in [0.25, 0.3) is 0 Å². The second kappa shape index (κ2) is 5.74. The Kier molecular flexibility index (Phi) is 4.30. The number of aryl methyl sites for hydroxylation is 1. The van der Waals surface area contributed by atoms with Crippen molar-refractivity contribution in [2.45, 2.75) is 44.0 Å². The molecule has 0 saturated carbocycles. The summed E-state index contributed by atoms with van der Waals surface area (Å²) in [5.74, 6) is 1.27. The third kappa shape index (κ3) is 2.61. The average molecular weight is 235 g/mol. The van der Waals surface area contributed by atoms with Gasteiger partial charge in [-0.15, -0.1) is 11.8 Å². The first-order chi connectivity index (χ1) is 7.83. The molecule has 1 heterocycles. The lowest BCUT2D eigenvalue weighted by Gasteiger charge is -2.19. The molecule has 88 valence electrons. The van der Waals surface area contributed by atoms with E-state index in [1.54, 1.807) is 0 Å². The van der Waals surface area contributed by atoms with E-state index in [-0.39, 0.29) is 0 Å². The van der Waals surface area contributed by atoms with Gasteiger partial charge in [0.05, 0.1) is 0 Å². The fourth-order valence-electron chi connectivity index (χ4n) is 2.29. The predicted octanol–water partition coefficient (Wildman–Crippen LogP) is 3.92. The molecule has 1 aliphatic rings. The van der Waals surface area contributed by atoms with E-state index in [2.05, 4.69) is 37.4 Å². The van der Waals surface area contributed by atoms with Gasteiger partial charge in [-0.2, -0.15) is 0 Å². The summed E-state index contributed by atoms with van der Waals surface area (Å²) in [5, 5.41) is 3.68.